The smallest absolute Gasteiger partial charge is 0.146 e. The lowest BCUT2D eigenvalue weighted by Gasteiger charge is -2.32. The van der Waals surface area contributed by atoms with E-state index in [1.165, 1.54) is 0 Å². The van der Waals surface area contributed by atoms with Crippen molar-refractivity contribution in [1.82, 2.24) is 9.88 Å². The molecule has 96 valence electrons. The summed E-state index contributed by atoms with van der Waals surface area (Å²) in [5, 5.41) is 11.2. The maximum atomic E-state index is 10.3. The van der Waals surface area contributed by atoms with Crippen molar-refractivity contribution < 1.29 is 5.11 Å². The molecule has 2 aromatic rings. The van der Waals surface area contributed by atoms with Gasteiger partial charge in [-0.25, -0.2) is 0 Å². The van der Waals surface area contributed by atoms with E-state index < -0.39 is 0 Å². The highest BCUT2D eigenvalue weighted by atomic mass is 16.3. The van der Waals surface area contributed by atoms with Gasteiger partial charge in [0.1, 0.15) is 11.3 Å². The highest BCUT2D eigenvalue weighted by Gasteiger charge is 2.18. The normalized spacial score (nSPS) is 12.3. The number of phenolic OH excluding ortho intramolecular Hbond substituents is 1. The van der Waals surface area contributed by atoms with E-state index in [0.717, 1.165) is 10.9 Å². The highest BCUT2D eigenvalue weighted by Crippen LogP contribution is 2.28. The van der Waals surface area contributed by atoms with E-state index in [-0.39, 0.29) is 5.54 Å². The lowest BCUT2D eigenvalue weighted by atomic mass is 10.0. The third-order valence-electron chi connectivity index (χ3n) is 3.38. The van der Waals surface area contributed by atoms with Gasteiger partial charge in [0.15, 0.2) is 0 Å². The van der Waals surface area contributed by atoms with Crippen LogP contribution in [0.1, 0.15) is 26.3 Å². The first-order chi connectivity index (χ1) is 8.39. The fraction of sp³-hybridized carbons (Fsp3) is 0.400. The van der Waals surface area contributed by atoms with E-state index >= 15 is 0 Å². The number of fused-ring (bicyclic) bond motifs is 1. The molecule has 0 aliphatic carbocycles. The molecule has 3 nitrogen and oxygen atoms in total. The summed E-state index contributed by atoms with van der Waals surface area (Å²) in [6.45, 7) is 7.18. The predicted molar refractivity (Wildman–Crippen MR) is 74.6 cm³/mol. The van der Waals surface area contributed by atoms with Gasteiger partial charge in [-0.2, -0.15) is 0 Å². The molecule has 0 aliphatic heterocycles. The zero-order valence-corrected chi connectivity index (χ0v) is 11.4. The minimum atomic E-state index is 0.0749. The Bertz CT molecular complexity index is 558. The standard InChI is InChI=1S/C15H20N2O/c1-15(2,3)17(4)10-12-8-7-11-6-5-9-16-13(11)14(12)18/h5-9,18H,10H2,1-4H3. The maximum Gasteiger partial charge on any atom is 0.146 e. The topological polar surface area (TPSA) is 36.4 Å². The summed E-state index contributed by atoms with van der Waals surface area (Å²) in [5.74, 6) is 0.296. The Morgan fingerprint density at radius 3 is 2.61 bits per heavy atom. The molecule has 2 rings (SSSR count). The Labute approximate surface area is 108 Å². The van der Waals surface area contributed by atoms with Crippen LogP contribution in [0.25, 0.3) is 10.9 Å². The Kier molecular flexibility index (Phi) is 3.26. The van der Waals surface area contributed by atoms with Crippen molar-refractivity contribution in [2.45, 2.75) is 32.9 Å². The Morgan fingerprint density at radius 2 is 1.94 bits per heavy atom. The fourth-order valence-corrected chi connectivity index (χ4v) is 1.79. The molecule has 0 saturated carbocycles. The van der Waals surface area contributed by atoms with Gasteiger partial charge in [0.25, 0.3) is 0 Å². The molecule has 0 bridgehead atoms. The number of hydrogen-bond acceptors (Lipinski definition) is 3. The molecule has 0 spiro atoms. The first-order valence-electron chi connectivity index (χ1n) is 6.16. The number of pyridine rings is 1. The monoisotopic (exact) mass is 244 g/mol. The molecular formula is C15H20N2O. The van der Waals surface area contributed by atoms with E-state index in [9.17, 15) is 5.11 Å². The number of aromatic hydroxyl groups is 1. The Morgan fingerprint density at radius 1 is 1.22 bits per heavy atom. The van der Waals surface area contributed by atoms with Crippen molar-refractivity contribution in [2.24, 2.45) is 0 Å². The zero-order chi connectivity index (χ0) is 13.3. The first-order valence-corrected chi connectivity index (χ1v) is 6.16. The number of aromatic nitrogens is 1. The quantitative estimate of drug-likeness (QED) is 0.881. The van der Waals surface area contributed by atoms with Gasteiger partial charge in [-0.15, -0.1) is 0 Å². The summed E-state index contributed by atoms with van der Waals surface area (Å²) in [6.07, 6.45) is 1.71. The molecular weight excluding hydrogens is 224 g/mol. The lowest BCUT2D eigenvalue weighted by molar-refractivity contribution is 0.166. The second kappa shape index (κ2) is 4.58. The summed E-state index contributed by atoms with van der Waals surface area (Å²) in [4.78, 5) is 6.45. The van der Waals surface area contributed by atoms with Crippen molar-refractivity contribution in [2.75, 3.05) is 7.05 Å². The van der Waals surface area contributed by atoms with Crippen LogP contribution in [0, 0.1) is 0 Å². The third kappa shape index (κ3) is 2.46. The molecule has 0 amide bonds. The van der Waals surface area contributed by atoms with E-state index in [1.807, 2.05) is 24.3 Å². The van der Waals surface area contributed by atoms with Gasteiger partial charge in [0.05, 0.1) is 0 Å². The highest BCUT2D eigenvalue weighted by molar-refractivity contribution is 5.85. The molecule has 1 aromatic heterocycles. The van der Waals surface area contributed by atoms with Crippen LogP contribution in [0.4, 0.5) is 0 Å². The number of nitrogens with zero attached hydrogens (tertiary/aromatic N) is 2. The fourth-order valence-electron chi connectivity index (χ4n) is 1.79. The van der Waals surface area contributed by atoms with Crippen LogP contribution in [0.3, 0.4) is 0 Å². The van der Waals surface area contributed by atoms with E-state index in [0.29, 0.717) is 17.8 Å². The molecule has 0 aliphatic rings. The minimum Gasteiger partial charge on any atom is -0.505 e. The van der Waals surface area contributed by atoms with Gasteiger partial charge in [0.2, 0.25) is 0 Å². The van der Waals surface area contributed by atoms with Crippen LogP contribution in [-0.4, -0.2) is 27.6 Å². The molecule has 18 heavy (non-hydrogen) atoms. The molecule has 1 N–H and O–H groups in total. The van der Waals surface area contributed by atoms with Crippen molar-refractivity contribution >= 4 is 10.9 Å². The van der Waals surface area contributed by atoms with Crippen LogP contribution >= 0.6 is 0 Å². The number of phenols is 1. The maximum absolute atomic E-state index is 10.3. The summed E-state index contributed by atoms with van der Waals surface area (Å²) in [7, 11) is 2.06. The van der Waals surface area contributed by atoms with Crippen LogP contribution in [0.2, 0.25) is 0 Å². The van der Waals surface area contributed by atoms with Gasteiger partial charge in [0, 0.05) is 29.2 Å². The van der Waals surface area contributed by atoms with Crippen LogP contribution in [0.5, 0.6) is 5.75 Å². The number of hydrogen-bond donors (Lipinski definition) is 1. The lowest BCUT2D eigenvalue weighted by Crippen LogP contribution is -2.37. The van der Waals surface area contributed by atoms with Gasteiger partial charge >= 0.3 is 0 Å². The van der Waals surface area contributed by atoms with E-state index in [1.54, 1.807) is 6.20 Å². The first kappa shape index (κ1) is 12.8. The zero-order valence-electron chi connectivity index (χ0n) is 11.4. The summed E-state index contributed by atoms with van der Waals surface area (Å²) < 4.78 is 0. The molecule has 1 aromatic carbocycles. The van der Waals surface area contributed by atoms with Crippen LogP contribution in [-0.2, 0) is 6.54 Å². The van der Waals surface area contributed by atoms with Gasteiger partial charge in [-0.05, 0) is 33.9 Å². The molecule has 3 heteroatoms. The summed E-state index contributed by atoms with van der Waals surface area (Å²) in [6, 6.07) is 7.82. The number of benzene rings is 1. The van der Waals surface area contributed by atoms with E-state index in [4.69, 9.17) is 0 Å². The Hall–Kier alpha value is -1.61. The third-order valence-corrected chi connectivity index (χ3v) is 3.38. The van der Waals surface area contributed by atoms with Crippen molar-refractivity contribution in [1.29, 1.82) is 0 Å². The van der Waals surface area contributed by atoms with Crippen molar-refractivity contribution in [3.05, 3.63) is 36.0 Å². The summed E-state index contributed by atoms with van der Waals surface area (Å²) >= 11 is 0. The molecule has 0 fully saturated rings. The van der Waals surface area contributed by atoms with Gasteiger partial charge < -0.3 is 5.11 Å². The molecule has 0 saturated heterocycles. The molecule has 0 atom stereocenters. The van der Waals surface area contributed by atoms with Gasteiger partial charge in [-0.3, -0.25) is 9.88 Å². The second-order valence-corrected chi connectivity index (χ2v) is 5.68. The average Bonchev–Trinajstić information content (AvgIpc) is 2.32. The average molecular weight is 244 g/mol. The number of rotatable bonds is 2. The minimum absolute atomic E-state index is 0.0749. The summed E-state index contributed by atoms with van der Waals surface area (Å²) in [5.41, 5.74) is 1.67. The van der Waals surface area contributed by atoms with Crippen LogP contribution < -0.4 is 0 Å². The SMILES string of the molecule is CN(Cc1ccc2cccnc2c1O)C(C)(C)C. The van der Waals surface area contributed by atoms with Crippen molar-refractivity contribution in [3.8, 4) is 5.75 Å². The molecule has 0 unspecified atom stereocenters. The van der Waals surface area contributed by atoms with Gasteiger partial charge in [-0.1, -0.05) is 18.2 Å². The predicted octanol–water partition coefficient (Wildman–Crippen LogP) is 3.17. The molecule has 1 heterocycles. The van der Waals surface area contributed by atoms with E-state index in [2.05, 4.69) is 37.7 Å². The molecule has 0 radical (unpaired) electrons. The second-order valence-electron chi connectivity index (χ2n) is 5.68. The van der Waals surface area contributed by atoms with Crippen molar-refractivity contribution in [3.63, 3.8) is 0 Å². The van der Waals surface area contributed by atoms with Crippen LogP contribution in [0.15, 0.2) is 30.5 Å². The Balaban J connectivity index is 2.38. The largest absolute Gasteiger partial charge is 0.505 e.